The van der Waals surface area contributed by atoms with Crippen molar-refractivity contribution in [2.45, 2.75) is 39.3 Å². The second-order valence-electron chi connectivity index (χ2n) is 11.4. The van der Waals surface area contributed by atoms with E-state index in [-0.39, 0.29) is 17.9 Å². The van der Waals surface area contributed by atoms with E-state index >= 15 is 0 Å². The van der Waals surface area contributed by atoms with Gasteiger partial charge in [-0.2, -0.15) is 0 Å². The molecule has 2 atom stereocenters. The molecule has 2 aliphatic heterocycles. The minimum Gasteiger partial charge on any atom is -0.344 e. The van der Waals surface area contributed by atoms with Crippen LogP contribution in [0, 0.1) is 11.8 Å². The zero-order chi connectivity index (χ0) is 27.5. The van der Waals surface area contributed by atoms with Crippen LogP contribution in [-0.4, -0.2) is 27.0 Å². The Kier molecular flexibility index (Phi) is 5.75. The molecule has 0 saturated heterocycles. The number of hydrogen-bond acceptors (Lipinski definition) is 3. The van der Waals surface area contributed by atoms with E-state index in [9.17, 15) is 9.59 Å². The fraction of sp³-hybridized carbons (Fsp3) is 0.235. The molecule has 0 spiro atoms. The van der Waals surface area contributed by atoms with Crippen molar-refractivity contribution in [1.29, 1.82) is 0 Å². The number of para-hydroxylation sites is 3. The van der Waals surface area contributed by atoms with Gasteiger partial charge < -0.3 is 14.9 Å². The summed E-state index contributed by atoms with van der Waals surface area (Å²) in [5.41, 5.74) is 13.4. The summed E-state index contributed by atoms with van der Waals surface area (Å²) in [5.74, 6) is -0.0309. The number of nitrogens with two attached hydrogens (primary N) is 1. The number of benzene rings is 3. The molecule has 0 unspecified atom stereocenters. The normalized spacial score (nSPS) is 18.1. The Hall–Kier alpha value is -4.42. The Labute approximate surface area is 233 Å². The van der Waals surface area contributed by atoms with E-state index in [2.05, 4.69) is 40.4 Å². The number of aryl methyl sites for hydroxylation is 1. The summed E-state index contributed by atoms with van der Waals surface area (Å²) in [4.78, 5) is 27.3. The van der Waals surface area contributed by atoms with Crippen molar-refractivity contribution in [3.8, 4) is 5.69 Å². The summed E-state index contributed by atoms with van der Waals surface area (Å²) in [6.45, 7) is 5.18. The van der Waals surface area contributed by atoms with Crippen LogP contribution in [-0.2, 0) is 22.6 Å². The zero-order valence-electron chi connectivity index (χ0n) is 22.7. The van der Waals surface area contributed by atoms with Gasteiger partial charge in [0, 0.05) is 57.6 Å². The number of imide groups is 1. The van der Waals surface area contributed by atoms with Crippen molar-refractivity contribution < 1.29 is 9.59 Å². The molecule has 0 fully saturated rings. The number of carbonyl (C=O) groups is 2. The lowest BCUT2D eigenvalue weighted by molar-refractivity contribution is -0.122. The average Bonchev–Trinajstić information content (AvgIpc) is 3.60. The van der Waals surface area contributed by atoms with Crippen molar-refractivity contribution in [2.75, 3.05) is 0 Å². The van der Waals surface area contributed by atoms with Gasteiger partial charge in [-0.3, -0.25) is 14.9 Å². The molecule has 3 aromatic carbocycles. The Bertz CT molecular complexity index is 1840. The van der Waals surface area contributed by atoms with Gasteiger partial charge in [0.25, 0.3) is 11.8 Å². The maximum atomic E-state index is 13.7. The van der Waals surface area contributed by atoms with E-state index in [1.54, 1.807) is 0 Å². The van der Waals surface area contributed by atoms with Crippen LogP contribution in [0.2, 0.25) is 0 Å². The topological polar surface area (TPSA) is 82.0 Å². The highest BCUT2D eigenvalue weighted by atomic mass is 16.2. The predicted octanol–water partition coefficient (Wildman–Crippen LogP) is 5.70. The van der Waals surface area contributed by atoms with Crippen molar-refractivity contribution >= 4 is 44.8 Å². The molecule has 0 bridgehead atoms. The SMILES string of the molecule is CC(C)[C@H](N)[C@H]1CCn2c(c(C3=C(c4cn(-c5ccccc5)c5ccccc45)C(=O)NC3=O)c3ccccc32)C1. The molecule has 2 aliphatic rings. The first kappa shape index (κ1) is 24.6. The molecule has 3 N–H and O–H groups in total. The Morgan fingerprint density at radius 3 is 2.23 bits per heavy atom. The molecule has 6 nitrogen and oxygen atoms in total. The number of hydrogen-bond donors (Lipinski definition) is 2. The van der Waals surface area contributed by atoms with E-state index in [0.29, 0.717) is 23.0 Å². The maximum Gasteiger partial charge on any atom is 0.259 e. The third-order valence-corrected chi connectivity index (χ3v) is 8.77. The fourth-order valence-electron chi connectivity index (χ4n) is 6.75. The summed E-state index contributed by atoms with van der Waals surface area (Å²) < 4.78 is 4.43. The van der Waals surface area contributed by atoms with Crippen LogP contribution in [0.25, 0.3) is 38.6 Å². The molecule has 200 valence electrons. The largest absolute Gasteiger partial charge is 0.344 e. The molecule has 0 saturated carbocycles. The first-order chi connectivity index (χ1) is 19.4. The van der Waals surface area contributed by atoms with Gasteiger partial charge in [-0.25, -0.2) is 0 Å². The highest BCUT2D eigenvalue weighted by molar-refractivity contribution is 6.51. The predicted molar refractivity (Wildman–Crippen MR) is 160 cm³/mol. The number of fused-ring (bicyclic) bond motifs is 4. The van der Waals surface area contributed by atoms with Crippen LogP contribution in [0.5, 0.6) is 0 Å². The molecule has 5 aromatic rings. The third-order valence-electron chi connectivity index (χ3n) is 8.77. The summed E-state index contributed by atoms with van der Waals surface area (Å²) in [5, 5.41) is 4.58. The van der Waals surface area contributed by atoms with E-state index in [4.69, 9.17) is 5.73 Å². The van der Waals surface area contributed by atoms with Gasteiger partial charge in [0.05, 0.1) is 16.7 Å². The Morgan fingerprint density at radius 1 is 0.825 bits per heavy atom. The average molecular weight is 529 g/mol. The number of carbonyl (C=O) groups excluding carboxylic acids is 2. The van der Waals surface area contributed by atoms with Gasteiger partial charge in [-0.1, -0.05) is 68.4 Å². The third kappa shape index (κ3) is 3.67. The van der Waals surface area contributed by atoms with E-state index in [1.165, 1.54) is 0 Å². The molecular formula is C34H32N4O2. The van der Waals surface area contributed by atoms with Crippen molar-refractivity contribution in [1.82, 2.24) is 14.5 Å². The van der Waals surface area contributed by atoms with Crippen LogP contribution in [0.1, 0.15) is 37.1 Å². The molecule has 40 heavy (non-hydrogen) atoms. The van der Waals surface area contributed by atoms with Crippen LogP contribution >= 0.6 is 0 Å². The molecular weight excluding hydrogens is 496 g/mol. The molecule has 2 amide bonds. The van der Waals surface area contributed by atoms with E-state index < -0.39 is 0 Å². The lowest BCUT2D eigenvalue weighted by Crippen LogP contribution is -2.39. The summed E-state index contributed by atoms with van der Waals surface area (Å²) >= 11 is 0. The van der Waals surface area contributed by atoms with Gasteiger partial charge >= 0.3 is 0 Å². The second kappa shape index (κ2) is 9.35. The van der Waals surface area contributed by atoms with Crippen molar-refractivity contribution in [2.24, 2.45) is 17.6 Å². The molecule has 6 heteroatoms. The van der Waals surface area contributed by atoms with Crippen molar-refractivity contribution in [3.63, 3.8) is 0 Å². The highest BCUT2D eigenvalue weighted by Gasteiger charge is 2.39. The van der Waals surface area contributed by atoms with Crippen LogP contribution in [0.3, 0.4) is 0 Å². The maximum absolute atomic E-state index is 13.7. The number of amides is 2. The molecule has 4 heterocycles. The molecule has 2 aromatic heterocycles. The fourth-order valence-corrected chi connectivity index (χ4v) is 6.75. The van der Waals surface area contributed by atoms with E-state index in [0.717, 1.165) is 63.7 Å². The smallest absolute Gasteiger partial charge is 0.259 e. The van der Waals surface area contributed by atoms with Gasteiger partial charge in [0.2, 0.25) is 0 Å². The monoisotopic (exact) mass is 528 g/mol. The zero-order valence-corrected chi connectivity index (χ0v) is 22.7. The van der Waals surface area contributed by atoms with Crippen molar-refractivity contribution in [3.05, 3.63) is 102 Å². The van der Waals surface area contributed by atoms with Gasteiger partial charge in [0.1, 0.15) is 0 Å². The Morgan fingerprint density at radius 2 is 1.48 bits per heavy atom. The quantitative estimate of drug-likeness (QED) is 0.287. The van der Waals surface area contributed by atoms with Gasteiger partial charge in [0.15, 0.2) is 0 Å². The van der Waals surface area contributed by atoms with Gasteiger partial charge in [-0.15, -0.1) is 0 Å². The van der Waals surface area contributed by atoms with Crippen LogP contribution < -0.4 is 11.1 Å². The van der Waals surface area contributed by atoms with Gasteiger partial charge in [-0.05, 0) is 48.9 Å². The summed E-state index contributed by atoms with van der Waals surface area (Å²) in [7, 11) is 0. The Balaban J connectivity index is 1.51. The highest BCUT2D eigenvalue weighted by Crippen LogP contribution is 2.43. The molecule has 7 rings (SSSR count). The number of rotatable bonds is 5. The first-order valence-corrected chi connectivity index (χ1v) is 14.1. The minimum atomic E-state index is -0.355. The standard InChI is InChI=1S/C34H32N4O2/c1-20(2)32(35)21-16-17-37-27-15-9-7-13-24(27)29(28(37)18-21)31-30(33(39)36-34(31)40)25-19-38(22-10-4-3-5-11-22)26-14-8-6-12-23(25)26/h3-15,19-21,32H,16-18,35H2,1-2H3,(H,36,39,40)/t21-,32-/m0/s1. The number of nitrogens with one attached hydrogen (secondary N) is 1. The van der Waals surface area contributed by atoms with Crippen LogP contribution in [0.4, 0.5) is 0 Å². The lowest BCUT2D eigenvalue weighted by atomic mass is 9.82. The van der Waals surface area contributed by atoms with E-state index in [1.807, 2.05) is 72.9 Å². The second-order valence-corrected chi connectivity index (χ2v) is 11.4. The molecule has 0 radical (unpaired) electrons. The lowest BCUT2D eigenvalue weighted by Gasteiger charge is -2.32. The molecule has 0 aliphatic carbocycles. The minimum absolute atomic E-state index is 0.0657. The summed E-state index contributed by atoms with van der Waals surface area (Å²) in [6.07, 6.45) is 3.76. The summed E-state index contributed by atoms with van der Waals surface area (Å²) in [6, 6.07) is 26.4. The first-order valence-electron chi connectivity index (χ1n) is 14.1. The van der Waals surface area contributed by atoms with Crippen LogP contribution in [0.15, 0.2) is 85.1 Å². The number of aromatic nitrogens is 2. The number of nitrogens with zero attached hydrogens (tertiary/aromatic N) is 2.